The molecule has 0 unspecified atom stereocenters. The van der Waals surface area contributed by atoms with Crippen LogP contribution in [0.15, 0.2) is 17.0 Å². The van der Waals surface area contributed by atoms with Crippen molar-refractivity contribution < 1.29 is 8.42 Å². The average Bonchev–Trinajstić information content (AvgIpc) is 2.32. The van der Waals surface area contributed by atoms with Crippen molar-refractivity contribution in [3.8, 4) is 0 Å². The fraction of sp³-hybridized carbons (Fsp3) is 0.571. The summed E-state index contributed by atoms with van der Waals surface area (Å²) >= 11 is 11.9. The summed E-state index contributed by atoms with van der Waals surface area (Å²) < 4.78 is 27.1. The van der Waals surface area contributed by atoms with Crippen molar-refractivity contribution in [3.63, 3.8) is 0 Å². The number of halogens is 2. The van der Waals surface area contributed by atoms with Crippen molar-refractivity contribution in [2.24, 2.45) is 11.8 Å². The van der Waals surface area contributed by atoms with Crippen molar-refractivity contribution >= 4 is 33.2 Å². The molecular weight excluding hydrogens is 317 g/mol. The molecule has 1 fully saturated rings. The Kier molecular flexibility index (Phi) is 4.69. The maximum atomic E-state index is 12.8. The lowest BCUT2D eigenvalue weighted by Gasteiger charge is -2.34. The highest BCUT2D eigenvalue weighted by Gasteiger charge is 2.32. The number of sulfonamides is 1. The standard InChI is InChI=1S/C14H19Cl2NO2S/c1-9-4-10(2)8-17(7-9)20(18,19)14-6-13(16)12(15)5-11(14)3/h5-6,9-10H,4,7-8H2,1-3H3/t9-,10-/m1/s1. The largest absolute Gasteiger partial charge is 0.243 e. The van der Waals surface area contributed by atoms with Gasteiger partial charge in [0.05, 0.1) is 14.9 Å². The summed E-state index contributed by atoms with van der Waals surface area (Å²) in [5.41, 5.74) is 0.630. The molecule has 0 spiro atoms. The van der Waals surface area contributed by atoms with Crippen LogP contribution in [-0.2, 0) is 10.0 Å². The number of hydrogen-bond donors (Lipinski definition) is 0. The quantitative estimate of drug-likeness (QED) is 0.819. The second-order valence-corrected chi connectivity index (χ2v) is 8.52. The van der Waals surface area contributed by atoms with Gasteiger partial charge in [-0.1, -0.05) is 37.0 Å². The molecule has 0 radical (unpaired) electrons. The highest BCUT2D eigenvalue weighted by molar-refractivity contribution is 7.89. The van der Waals surface area contributed by atoms with Gasteiger partial charge in [0, 0.05) is 13.1 Å². The van der Waals surface area contributed by atoms with Gasteiger partial charge < -0.3 is 0 Å². The van der Waals surface area contributed by atoms with E-state index in [2.05, 4.69) is 13.8 Å². The summed E-state index contributed by atoms with van der Waals surface area (Å²) in [5, 5.41) is 0.650. The van der Waals surface area contributed by atoms with Gasteiger partial charge in [-0.25, -0.2) is 8.42 Å². The molecule has 1 aromatic rings. The maximum Gasteiger partial charge on any atom is 0.243 e. The lowest BCUT2D eigenvalue weighted by molar-refractivity contribution is 0.222. The fourth-order valence-corrected chi connectivity index (χ4v) is 5.21. The van der Waals surface area contributed by atoms with Gasteiger partial charge >= 0.3 is 0 Å². The monoisotopic (exact) mass is 335 g/mol. The minimum atomic E-state index is -3.51. The van der Waals surface area contributed by atoms with Crippen LogP contribution >= 0.6 is 23.2 Å². The van der Waals surface area contributed by atoms with E-state index in [0.29, 0.717) is 35.5 Å². The smallest absolute Gasteiger partial charge is 0.207 e. The number of aryl methyl sites for hydroxylation is 1. The van der Waals surface area contributed by atoms with Gasteiger partial charge in [0.1, 0.15) is 0 Å². The van der Waals surface area contributed by atoms with Crippen molar-refractivity contribution in [2.45, 2.75) is 32.1 Å². The van der Waals surface area contributed by atoms with Crippen molar-refractivity contribution in [1.29, 1.82) is 0 Å². The van der Waals surface area contributed by atoms with E-state index in [9.17, 15) is 8.42 Å². The molecule has 2 rings (SSSR count). The van der Waals surface area contributed by atoms with Crippen LogP contribution in [0.2, 0.25) is 10.0 Å². The lowest BCUT2D eigenvalue weighted by Crippen LogP contribution is -2.42. The van der Waals surface area contributed by atoms with E-state index in [0.717, 1.165) is 6.42 Å². The first-order chi connectivity index (χ1) is 9.21. The van der Waals surface area contributed by atoms with Crippen LogP contribution in [0.3, 0.4) is 0 Å². The lowest BCUT2D eigenvalue weighted by atomic mass is 9.94. The molecule has 0 aliphatic carbocycles. The molecule has 0 saturated carbocycles. The molecule has 1 saturated heterocycles. The van der Waals surface area contributed by atoms with E-state index in [1.807, 2.05) is 0 Å². The van der Waals surface area contributed by atoms with Crippen LogP contribution in [0, 0.1) is 18.8 Å². The Morgan fingerprint density at radius 2 is 1.60 bits per heavy atom. The zero-order chi connectivity index (χ0) is 15.1. The van der Waals surface area contributed by atoms with Crippen molar-refractivity contribution in [1.82, 2.24) is 4.31 Å². The van der Waals surface area contributed by atoms with Crippen LogP contribution in [-0.4, -0.2) is 25.8 Å². The zero-order valence-electron chi connectivity index (χ0n) is 11.9. The molecule has 0 bridgehead atoms. The highest BCUT2D eigenvalue weighted by atomic mass is 35.5. The van der Waals surface area contributed by atoms with Gasteiger partial charge in [-0.2, -0.15) is 4.31 Å². The van der Waals surface area contributed by atoms with E-state index >= 15 is 0 Å². The first-order valence-corrected chi connectivity index (χ1v) is 8.87. The maximum absolute atomic E-state index is 12.8. The number of nitrogens with zero attached hydrogens (tertiary/aromatic N) is 1. The molecular formula is C14H19Cl2NO2S. The van der Waals surface area contributed by atoms with Crippen LogP contribution in [0.25, 0.3) is 0 Å². The highest BCUT2D eigenvalue weighted by Crippen LogP contribution is 2.32. The predicted octanol–water partition coefficient (Wildman–Crippen LogP) is 3.97. The summed E-state index contributed by atoms with van der Waals surface area (Å²) in [7, 11) is -3.51. The molecule has 1 aliphatic rings. The predicted molar refractivity (Wildman–Crippen MR) is 82.9 cm³/mol. The SMILES string of the molecule is Cc1cc(Cl)c(Cl)cc1S(=O)(=O)N1C[C@H](C)C[C@@H](C)C1. The Labute approximate surface area is 130 Å². The summed E-state index contributed by atoms with van der Waals surface area (Å²) in [5.74, 6) is 0.744. The molecule has 6 heteroatoms. The average molecular weight is 336 g/mol. The zero-order valence-corrected chi connectivity index (χ0v) is 14.2. The molecule has 0 amide bonds. The van der Waals surface area contributed by atoms with Crippen LogP contribution in [0.1, 0.15) is 25.8 Å². The second kappa shape index (κ2) is 5.84. The first kappa shape index (κ1) is 16.1. The Morgan fingerprint density at radius 3 is 2.15 bits per heavy atom. The topological polar surface area (TPSA) is 37.4 Å². The van der Waals surface area contributed by atoms with Gasteiger partial charge in [-0.15, -0.1) is 0 Å². The molecule has 1 heterocycles. The molecule has 0 aromatic heterocycles. The van der Waals surface area contributed by atoms with Crippen LogP contribution in [0.5, 0.6) is 0 Å². The van der Waals surface area contributed by atoms with Crippen LogP contribution in [0.4, 0.5) is 0 Å². The Bertz CT molecular complexity index is 606. The Hall–Kier alpha value is -0.290. The van der Waals surface area contributed by atoms with Gasteiger partial charge in [0.25, 0.3) is 0 Å². The van der Waals surface area contributed by atoms with Crippen molar-refractivity contribution in [3.05, 3.63) is 27.7 Å². The van der Waals surface area contributed by atoms with Gasteiger partial charge in [0.2, 0.25) is 10.0 Å². The minimum absolute atomic E-state index is 0.258. The van der Waals surface area contributed by atoms with Gasteiger partial charge in [-0.05, 0) is 42.9 Å². The van der Waals surface area contributed by atoms with Crippen LogP contribution < -0.4 is 0 Å². The second-order valence-electron chi connectivity index (χ2n) is 5.80. The summed E-state index contributed by atoms with van der Waals surface area (Å²) in [6.07, 6.45) is 1.06. The Morgan fingerprint density at radius 1 is 1.10 bits per heavy atom. The molecule has 112 valence electrons. The normalized spacial score (nSPS) is 24.9. The number of hydrogen-bond acceptors (Lipinski definition) is 2. The van der Waals surface area contributed by atoms with Crippen molar-refractivity contribution in [2.75, 3.05) is 13.1 Å². The number of rotatable bonds is 2. The van der Waals surface area contributed by atoms with E-state index in [1.54, 1.807) is 17.3 Å². The summed E-state index contributed by atoms with van der Waals surface area (Å²) in [6.45, 7) is 7.03. The van der Waals surface area contributed by atoms with E-state index < -0.39 is 10.0 Å². The Balaban J connectivity index is 2.42. The van der Waals surface area contributed by atoms with Gasteiger partial charge in [-0.3, -0.25) is 0 Å². The number of benzene rings is 1. The summed E-state index contributed by atoms with van der Waals surface area (Å²) in [4.78, 5) is 0.258. The molecule has 0 N–H and O–H groups in total. The van der Waals surface area contributed by atoms with E-state index in [4.69, 9.17) is 23.2 Å². The minimum Gasteiger partial charge on any atom is -0.207 e. The summed E-state index contributed by atoms with van der Waals surface area (Å²) in [6, 6.07) is 3.06. The molecule has 1 aromatic carbocycles. The van der Waals surface area contributed by atoms with E-state index in [-0.39, 0.29) is 9.92 Å². The third-order valence-corrected chi connectivity index (χ3v) is 6.37. The van der Waals surface area contributed by atoms with E-state index in [1.165, 1.54) is 6.07 Å². The molecule has 20 heavy (non-hydrogen) atoms. The first-order valence-electron chi connectivity index (χ1n) is 6.67. The molecule has 2 atom stereocenters. The molecule has 3 nitrogen and oxygen atoms in total. The molecule has 1 aliphatic heterocycles. The number of piperidine rings is 1. The third kappa shape index (κ3) is 3.14. The van der Waals surface area contributed by atoms with Gasteiger partial charge in [0.15, 0.2) is 0 Å². The fourth-order valence-electron chi connectivity index (χ4n) is 2.85. The third-order valence-electron chi connectivity index (χ3n) is 3.67.